The Balaban J connectivity index is 0.000000139. The van der Waals surface area contributed by atoms with Gasteiger partial charge >= 0.3 is 0 Å². The zero-order valence-electron chi connectivity index (χ0n) is 82.7. The Morgan fingerprint density at radius 1 is 0.221 bits per heavy atom. The van der Waals surface area contributed by atoms with Crippen molar-refractivity contribution < 1.29 is 98.1 Å². The van der Waals surface area contributed by atoms with Crippen molar-refractivity contribution in [2.45, 2.75) is 114 Å². The molecule has 16 heteroatoms. The molecule has 0 bridgehead atoms. The minimum absolute atomic E-state index is 0. The van der Waals surface area contributed by atoms with Crippen LogP contribution in [-0.4, -0.2) is 39.9 Å². The molecule has 0 saturated heterocycles. The molecule has 0 unspecified atom stereocenters. The Hall–Kier alpha value is -14.4. The number of fused-ring (bicyclic) bond motifs is 12. The molecule has 0 aliphatic carbocycles. The summed E-state index contributed by atoms with van der Waals surface area (Å²) >= 11 is 0. The van der Waals surface area contributed by atoms with Gasteiger partial charge in [0.15, 0.2) is 0 Å². The zero-order chi connectivity index (χ0) is 97.7. The second-order valence-corrected chi connectivity index (χ2v) is 35.6. The Morgan fingerprint density at radius 2 is 0.572 bits per heavy atom. The molecule has 0 fully saturated rings. The summed E-state index contributed by atoms with van der Waals surface area (Å²) < 4.78 is 24.2. The maximum Gasteiger partial charge on any atom is 0.121 e. The number of aryl methyl sites for hydroxylation is 5. The molecular formula is C129H106Ir4N8O4-8. The third kappa shape index (κ3) is 26.6. The first-order chi connectivity index (χ1) is 68.8. The summed E-state index contributed by atoms with van der Waals surface area (Å²) in [5, 5.41) is 9.10. The summed E-state index contributed by atoms with van der Waals surface area (Å²) in [4.78, 5) is 34.9. The normalized spacial score (nSPS) is 10.7. The van der Waals surface area contributed by atoms with Gasteiger partial charge in [0.2, 0.25) is 0 Å². The van der Waals surface area contributed by atoms with Crippen molar-refractivity contribution in [3.8, 4) is 90.1 Å². The molecule has 12 heterocycles. The minimum Gasteiger partial charge on any atom is -0.501 e. The predicted molar refractivity (Wildman–Crippen MR) is 577 cm³/mol. The number of hydrogen-bond donors (Lipinski definition) is 0. The van der Waals surface area contributed by atoms with Crippen LogP contribution in [0.25, 0.3) is 178 Å². The molecule has 0 saturated carbocycles. The molecule has 24 rings (SSSR count). The van der Waals surface area contributed by atoms with Crippen LogP contribution in [-0.2, 0) is 80.4 Å². The van der Waals surface area contributed by atoms with Crippen molar-refractivity contribution in [2.75, 3.05) is 0 Å². The fourth-order valence-corrected chi connectivity index (χ4v) is 16.5. The van der Waals surface area contributed by atoms with Crippen LogP contribution < -0.4 is 0 Å². The van der Waals surface area contributed by atoms with E-state index in [1.165, 1.54) is 49.9 Å². The van der Waals surface area contributed by atoms with E-state index < -0.39 is 0 Å². The molecule has 0 aliphatic rings. The van der Waals surface area contributed by atoms with E-state index in [0.29, 0.717) is 23.7 Å². The summed E-state index contributed by atoms with van der Waals surface area (Å²) in [6.45, 7) is 27.8. The van der Waals surface area contributed by atoms with Crippen LogP contribution in [0, 0.1) is 83.1 Å². The van der Waals surface area contributed by atoms with Gasteiger partial charge in [0, 0.05) is 152 Å². The SMILES string of the molecule is CC(C)c1c[c-]c(-c2ccccn2)cc1.CC(C)c1c[c-]c(-c2ccccn2)cc1.CC(C)c1c[c-]c(-c2ccccn2)cc1.CC(C)c1c[c-]c(-c2ccccn2)cc1.Cc1[c-]c(-c2ccccn2)c2oc3ccccc3c2c1.Cc1c[c-]c(-c2ccccn2)c2oc3ccccc3c12.Cc1cccc2oc3c(-c4ccccn4)[c-]ccc3c12.Cc1ccnc(-c2[c-]ccc3c2oc2cc(C)ccc23)c1.[Ir].[Ir].[Ir].[Ir]. The third-order valence-corrected chi connectivity index (χ3v) is 24.2. The van der Waals surface area contributed by atoms with E-state index in [1.54, 1.807) is 43.4 Å². The average Bonchev–Trinajstić information content (AvgIpc) is 1.62. The monoisotopic (exact) mass is 2600 g/mol. The maximum absolute atomic E-state index is 6.09. The van der Waals surface area contributed by atoms with Gasteiger partial charge in [-0.1, -0.05) is 294 Å². The van der Waals surface area contributed by atoms with Gasteiger partial charge in [-0.3, -0.25) is 0 Å². The van der Waals surface area contributed by atoms with E-state index in [4.69, 9.17) is 17.7 Å². The van der Waals surface area contributed by atoms with Crippen LogP contribution in [0.2, 0.25) is 0 Å². The van der Waals surface area contributed by atoms with Crippen LogP contribution in [0.4, 0.5) is 0 Å². The smallest absolute Gasteiger partial charge is 0.121 e. The van der Waals surface area contributed by atoms with Crippen LogP contribution in [0.1, 0.15) is 129 Å². The molecule has 0 aliphatic heterocycles. The molecule has 0 amide bonds. The largest absolute Gasteiger partial charge is 0.501 e. The first-order valence-electron chi connectivity index (χ1n) is 47.5. The molecule has 12 aromatic carbocycles. The molecule has 4 radical (unpaired) electrons. The Bertz CT molecular complexity index is 7890. The van der Waals surface area contributed by atoms with Gasteiger partial charge in [-0.15, -0.1) is 213 Å². The fraction of sp³-hybridized carbons (Fsp3) is 0.132. The number of pyridine rings is 8. The Kier molecular flexibility index (Phi) is 38.5. The second-order valence-electron chi connectivity index (χ2n) is 35.6. The summed E-state index contributed by atoms with van der Waals surface area (Å²) in [6.07, 6.45) is 14.4. The molecule has 730 valence electrons. The van der Waals surface area contributed by atoms with E-state index >= 15 is 0 Å². The number of para-hydroxylation sites is 2. The van der Waals surface area contributed by atoms with Gasteiger partial charge in [-0.2, -0.15) is 0 Å². The molecule has 12 nitrogen and oxygen atoms in total. The van der Waals surface area contributed by atoms with Crippen molar-refractivity contribution in [2.24, 2.45) is 0 Å². The van der Waals surface area contributed by atoms with E-state index in [9.17, 15) is 0 Å². The molecule has 145 heavy (non-hydrogen) atoms. The molecule has 24 aromatic rings. The van der Waals surface area contributed by atoms with E-state index in [-0.39, 0.29) is 80.4 Å². The topological polar surface area (TPSA) is 156 Å². The van der Waals surface area contributed by atoms with Gasteiger partial charge in [-0.25, -0.2) is 0 Å². The number of hydrogen-bond acceptors (Lipinski definition) is 12. The Morgan fingerprint density at radius 3 is 1.01 bits per heavy atom. The van der Waals surface area contributed by atoms with Crippen molar-refractivity contribution in [1.29, 1.82) is 0 Å². The minimum atomic E-state index is 0. The van der Waals surface area contributed by atoms with Crippen LogP contribution in [0.5, 0.6) is 0 Å². The van der Waals surface area contributed by atoms with E-state index in [2.05, 4.69) is 305 Å². The third-order valence-electron chi connectivity index (χ3n) is 24.2. The van der Waals surface area contributed by atoms with Gasteiger partial charge in [0.25, 0.3) is 0 Å². The first-order valence-corrected chi connectivity index (χ1v) is 47.5. The molecule has 0 atom stereocenters. The zero-order valence-corrected chi connectivity index (χ0v) is 92.3. The summed E-state index contributed by atoms with van der Waals surface area (Å²) in [5.41, 5.74) is 33.6. The Labute approximate surface area is 903 Å². The van der Waals surface area contributed by atoms with Crippen molar-refractivity contribution in [1.82, 2.24) is 39.9 Å². The fourth-order valence-electron chi connectivity index (χ4n) is 16.5. The second kappa shape index (κ2) is 51.7. The summed E-state index contributed by atoms with van der Waals surface area (Å²) in [5.74, 6) is 2.22. The quantitative estimate of drug-likeness (QED) is 0.107. The standard InChI is InChI=1S/C19H14NO.3C18H12NO.4C14H14N.4Ir/c1-12-6-7-14-15-4-3-5-16(19(15)21-18(14)11-12)17-10-13(2)8-9-20-17;1-12-6-4-10-16-17(12)14-8-5-7-13(18(14)20-16)15-9-2-3-11-19-15;1-12-9-10-13(15-7-4-5-11-19-15)18-17(12)14-6-2-3-8-16(14)20-18;1-12-10-14-13-6-2-3-8-17(13)20-18(14)15(11-12)16-7-4-5-9-19-16;4*1-11(2)12-6-8-13(9-7-12)14-5-3-4-10-15-14;;;;/h3-4,6-11H,1-2H3;2-6,8-11H,1H3;2-9,11H,1H3;2-10H,1H3;4*3-8,10-11H,1-2H3;;;;/q8*-1;;;;. The van der Waals surface area contributed by atoms with E-state index in [0.717, 1.165) is 178 Å². The van der Waals surface area contributed by atoms with Crippen LogP contribution in [0.15, 0.2) is 401 Å². The van der Waals surface area contributed by atoms with Gasteiger partial charge in [-0.05, 0) is 150 Å². The van der Waals surface area contributed by atoms with Crippen molar-refractivity contribution in [3.63, 3.8) is 0 Å². The number of furan rings is 4. The molecular weight excluding hydrogens is 2490 g/mol. The van der Waals surface area contributed by atoms with E-state index in [1.807, 2.05) is 213 Å². The van der Waals surface area contributed by atoms with Crippen LogP contribution in [0.3, 0.4) is 0 Å². The number of benzene rings is 12. The number of aromatic nitrogens is 8. The summed E-state index contributed by atoms with van der Waals surface area (Å²) in [6, 6.07) is 137. The molecule has 12 aromatic heterocycles. The van der Waals surface area contributed by atoms with Crippen LogP contribution >= 0.6 is 0 Å². The van der Waals surface area contributed by atoms with Gasteiger partial charge in [0.1, 0.15) is 22.3 Å². The van der Waals surface area contributed by atoms with Gasteiger partial charge < -0.3 is 57.5 Å². The first kappa shape index (κ1) is 108. The molecule has 0 N–H and O–H groups in total. The number of rotatable bonds is 12. The maximum atomic E-state index is 6.09. The van der Waals surface area contributed by atoms with Crippen molar-refractivity contribution >= 4 is 87.8 Å². The average molecular weight is 2600 g/mol. The number of nitrogens with zero attached hydrogens (tertiary/aromatic N) is 8. The van der Waals surface area contributed by atoms with Crippen molar-refractivity contribution in [3.05, 3.63) is 482 Å². The summed E-state index contributed by atoms with van der Waals surface area (Å²) in [7, 11) is 0. The molecule has 0 spiro atoms. The van der Waals surface area contributed by atoms with Gasteiger partial charge in [0.05, 0.1) is 22.3 Å². The predicted octanol–water partition coefficient (Wildman–Crippen LogP) is 34.0.